The van der Waals surface area contributed by atoms with Crippen LogP contribution in [-0.4, -0.2) is 16.3 Å². The predicted molar refractivity (Wildman–Crippen MR) is 31.7 cm³/mol. The third-order valence-electron chi connectivity index (χ3n) is 1.04. The summed E-state index contributed by atoms with van der Waals surface area (Å²) in [7, 11) is 0. The van der Waals surface area contributed by atoms with Crippen LogP contribution in [-0.2, 0) is 0 Å². The second-order valence-corrected chi connectivity index (χ2v) is 1.71. The van der Waals surface area contributed by atoms with Crippen LogP contribution in [0.25, 0.3) is 0 Å². The summed E-state index contributed by atoms with van der Waals surface area (Å²) in [6.07, 6.45) is 0.0654. The van der Waals surface area contributed by atoms with Crippen molar-refractivity contribution in [2.24, 2.45) is 0 Å². The largest absolute Gasteiger partial charge is 0.602 e. The molecule has 1 heterocycles. The summed E-state index contributed by atoms with van der Waals surface area (Å²) in [4.78, 5) is 10.2. The van der Waals surface area contributed by atoms with Gasteiger partial charge in [-0.3, -0.25) is 0 Å². The molecule has 0 saturated carbocycles. The molecule has 0 unspecified atom stereocenters. The summed E-state index contributed by atoms with van der Waals surface area (Å²) in [6, 6.07) is 4.37. The molecule has 0 aliphatic rings. The van der Waals surface area contributed by atoms with Crippen molar-refractivity contribution in [1.82, 2.24) is 0 Å². The molecule has 0 bridgehead atoms. The van der Waals surface area contributed by atoms with Crippen LogP contribution in [0.15, 0.2) is 24.4 Å². The minimum absolute atomic E-state index is 0.282. The molecule has 0 aliphatic carbocycles. The van der Waals surface area contributed by atoms with Crippen LogP contribution in [0.1, 0.15) is 0 Å². The second-order valence-electron chi connectivity index (χ2n) is 1.71. The van der Waals surface area contributed by atoms with Gasteiger partial charge in [-0.2, -0.15) is 4.79 Å². The lowest BCUT2D eigenvalue weighted by atomic mass is 10.5. The highest BCUT2D eigenvalue weighted by Crippen LogP contribution is 1.95. The van der Waals surface area contributed by atoms with E-state index < -0.39 is 6.09 Å². The summed E-state index contributed by atoms with van der Waals surface area (Å²) >= 11 is 0. The molecule has 0 atom stereocenters. The number of aromatic hydroxyl groups is 1. The third-order valence-corrected chi connectivity index (χ3v) is 1.04. The fourth-order valence-corrected chi connectivity index (χ4v) is 0.596. The average Bonchev–Trinajstić information content (AvgIpc) is 1.88. The Morgan fingerprint density at radius 1 is 1.50 bits per heavy atom. The summed E-state index contributed by atoms with van der Waals surface area (Å²) in [6.45, 7) is 0. The molecule has 0 aromatic carbocycles. The van der Waals surface area contributed by atoms with Gasteiger partial charge in [0.05, 0.1) is 6.07 Å². The Morgan fingerprint density at radius 3 is 2.60 bits per heavy atom. The highest BCUT2D eigenvalue weighted by molar-refractivity contribution is 5.54. The van der Waals surface area contributed by atoms with Gasteiger partial charge in [0.25, 0.3) is 0 Å². The maximum atomic E-state index is 10.2. The first-order valence-corrected chi connectivity index (χ1v) is 2.65. The van der Waals surface area contributed by atoms with E-state index >= 15 is 0 Å². The third kappa shape index (κ3) is 1.05. The van der Waals surface area contributed by atoms with Gasteiger partial charge in [0, 0.05) is 6.07 Å². The minimum atomic E-state index is -1.20. The zero-order valence-corrected chi connectivity index (χ0v) is 5.06. The van der Waals surface area contributed by atoms with Crippen LogP contribution in [0.2, 0.25) is 0 Å². The van der Waals surface area contributed by atoms with Crippen molar-refractivity contribution in [3.63, 3.8) is 0 Å². The lowest BCUT2D eigenvalue weighted by Gasteiger charge is -1.87. The molecule has 0 aliphatic heterocycles. The zero-order valence-electron chi connectivity index (χ0n) is 5.06. The number of carbonyl (C=O) groups is 1. The van der Waals surface area contributed by atoms with Crippen LogP contribution in [0.3, 0.4) is 0 Å². The van der Waals surface area contributed by atoms with Crippen molar-refractivity contribution in [1.29, 1.82) is 0 Å². The van der Waals surface area contributed by atoms with Gasteiger partial charge >= 0.3 is 12.0 Å². The predicted octanol–water partition coefficient (Wildman–Crippen LogP) is 0.206. The van der Waals surface area contributed by atoms with Crippen molar-refractivity contribution >= 4 is 6.09 Å². The van der Waals surface area contributed by atoms with Gasteiger partial charge in [-0.25, -0.2) is 0 Å². The Morgan fingerprint density at radius 2 is 2.20 bits per heavy atom. The highest BCUT2D eigenvalue weighted by atomic mass is 16.4. The van der Waals surface area contributed by atoms with Crippen LogP contribution in [0.5, 0.6) is 5.88 Å². The molecule has 1 rings (SSSR count). The molecule has 4 nitrogen and oxygen atoms in total. The number of aromatic nitrogens is 1. The first kappa shape index (κ1) is 6.54. The maximum absolute atomic E-state index is 10.2. The van der Waals surface area contributed by atoms with Crippen LogP contribution < -0.4 is 4.57 Å². The lowest BCUT2D eigenvalue weighted by molar-refractivity contribution is -0.592. The molecule has 1 aromatic heterocycles. The van der Waals surface area contributed by atoms with Crippen LogP contribution in [0, 0.1) is 0 Å². The molecule has 0 amide bonds. The topological polar surface area (TPSA) is 61.4 Å². The van der Waals surface area contributed by atoms with Crippen molar-refractivity contribution in [2.45, 2.75) is 0 Å². The Labute approximate surface area is 57.0 Å². The smallest absolute Gasteiger partial charge is 0.459 e. The minimum Gasteiger partial charge on any atom is -0.459 e. The molecular formula is C6H6NO3+. The first-order chi connectivity index (χ1) is 4.72. The Bertz CT molecular complexity index is 259. The van der Waals surface area contributed by atoms with E-state index in [1.54, 1.807) is 6.07 Å². The van der Waals surface area contributed by atoms with E-state index in [9.17, 15) is 4.79 Å². The summed E-state index contributed by atoms with van der Waals surface area (Å²) < 4.78 is 0.722. The molecule has 2 N–H and O–H groups in total. The highest BCUT2D eigenvalue weighted by Gasteiger charge is 2.15. The quantitative estimate of drug-likeness (QED) is 0.506. The fourth-order valence-electron chi connectivity index (χ4n) is 0.596. The molecular weight excluding hydrogens is 134 g/mol. The van der Waals surface area contributed by atoms with Gasteiger partial charge in [0.1, 0.15) is 0 Å². The van der Waals surface area contributed by atoms with Gasteiger partial charge in [0.15, 0.2) is 6.20 Å². The van der Waals surface area contributed by atoms with Gasteiger partial charge in [-0.05, 0) is 6.07 Å². The molecule has 0 fully saturated rings. The number of rotatable bonds is 0. The van der Waals surface area contributed by atoms with E-state index in [1.165, 1.54) is 18.3 Å². The number of pyridine rings is 1. The first-order valence-electron chi connectivity index (χ1n) is 2.65. The standard InChI is InChI=1S/C6H5NO3/c8-5-3-1-2-4-7(5)6(9)10/h1-4H,(H,9,10)/p+1. The molecule has 0 spiro atoms. The van der Waals surface area contributed by atoms with E-state index in [-0.39, 0.29) is 5.88 Å². The van der Waals surface area contributed by atoms with Gasteiger partial charge in [-0.1, -0.05) is 4.57 Å². The molecule has 0 radical (unpaired) electrons. The fraction of sp³-hybridized carbons (Fsp3) is 0. The van der Waals surface area contributed by atoms with E-state index in [0.29, 0.717) is 0 Å². The molecule has 4 heteroatoms. The second kappa shape index (κ2) is 2.34. The summed E-state index contributed by atoms with van der Waals surface area (Å²) in [5.41, 5.74) is 0. The Hall–Kier alpha value is -1.58. The number of hydrogen-bond acceptors (Lipinski definition) is 2. The van der Waals surface area contributed by atoms with E-state index in [0.717, 1.165) is 4.57 Å². The van der Waals surface area contributed by atoms with E-state index in [1.807, 2.05) is 0 Å². The Kier molecular flexibility index (Phi) is 1.53. The number of hydrogen-bond donors (Lipinski definition) is 2. The van der Waals surface area contributed by atoms with Crippen molar-refractivity contribution in [2.75, 3.05) is 0 Å². The van der Waals surface area contributed by atoms with E-state index in [2.05, 4.69) is 0 Å². The van der Waals surface area contributed by atoms with Gasteiger partial charge in [0.2, 0.25) is 0 Å². The number of carboxylic acid groups (broad SMARTS) is 1. The van der Waals surface area contributed by atoms with Gasteiger partial charge < -0.3 is 10.2 Å². The molecule has 10 heavy (non-hydrogen) atoms. The van der Waals surface area contributed by atoms with Gasteiger partial charge in [-0.15, -0.1) is 0 Å². The normalized spacial score (nSPS) is 9.20. The van der Waals surface area contributed by atoms with Crippen molar-refractivity contribution in [3.8, 4) is 5.88 Å². The Balaban J connectivity index is 3.15. The monoisotopic (exact) mass is 140 g/mol. The van der Waals surface area contributed by atoms with Crippen LogP contribution >= 0.6 is 0 Å². The summed E-state index contributed by atoms with van der Waals surface area (Å²) in [5, 5.41) is 17.2. The average molecular weight is 140 g/mol. The molecule has 52 valence electrons. The lowest BCUT2D eigenvalue weighted by Crippen LogP contribution is -2.40. The number of nitrogens with zero attached hydrogens (tertiary/aromatic N) is 1. The summed E-state index contributed by atoms with van der Waals surface area (Å²) in [5.74, 6) is -0.282. The molecule has 0 saturated heterocycles. The SMILES string of the molecule is O=C(O)[n+]1ccccc1O. The van der Waals surface area contributed by atoms with Crippen molar-refractivity contribution < 1.29 is 19.6 Å². The van der Waals surface area contributed by atoms with Crippen LogP contribution in [0.4, 0.5) is 4.79 Å². The van der Waals surface area contributed by atoms with Crippen molar-refractivity contribution in [3.05, 3.63) is 24.4 Å². The van der Waals surface area contributed by atoms with E-state index in [4.69, 9.17) is 10.2 Å². The molecule has 1 aromatic rings. The maximum Gasteiger partial charge on any atom is 0.602 e. The zero-order chi connectivity index (χ0) is 7.56.